The summed E-state index contributed by atoms with van der Waals surface area (Å²) in [5.74, 6) is 0.0263. The second-order valence-corrected chi connectivity index (χ2v) is 10.4. The van der Waals surface area contributed by atoms with Gasteiger partial charge in [0.15, 0.2) is 0 Å². The van der Waals surface area contributed by atoms with Crippen molar-refractivity contribution >= 4 is 11.8 Å². The Hall–Kier alpha value is -4.19. The maximum absolute atomic E-state index is 14.0. The number of carbonyl (C=O) groups is 1. The highest BCUT2D eigenvalue weighted by Gasteiger charge is 2.35. The summed E-state index contributed by atoms with van der Waals surface area (Å²) in [4.78, 5) is 24.3. The summed E-state index contributed by atoms with van der Waals surface area (Å²) in [6.45, 7) is 5.49. The number of nitrogens with one attached hydrogen (secondary N) is 2. The number of carbonyl (C=O) groups excluding carboxylic acids is 1. The second kappa shape index (κ2) is 11.7. The van der Waals surface area contributed by atoms with E-state index in [-0.39, 0.29) is 18.0 Å². The van der Waals surface area contributed by atoms with Crippen molar-refractivity contribution in [3.05, 3.63) is 89.3 Å². The van der Waals surface area contributed by atoms with Gasteiger partial charge in [-0.15, -0.1) is 0 Å². The first-order chi connectivity index (χ1) is 20.0. The lowest BCUT2D eigenvalue weighted by Crippen LogP contribution is -2.42. The molecule has 2 unspecified atom stereocenters. The number of anilines is 1. The van der Waals surface area contributed by atoms with Crippen LogP contribution in [0, 0.1) is 12.7 Å². The van der Waals surface area contributed by atoms with Crippen molar-refractivity contribution in [1.82, 2.24) is 30.0 Å². The first-order valence-corrected chi connectivity index (χ1v) is 13.6. The Morgan fingerprint density at radius 1 is 1.15 bits per heavy atom. The van der Waals surface area contributed by atoms with Crippen molar-refractivity contribution in [3.63, 3.8) is 0 Å². The molecule has 0 saturated carbocycles. The topological polar surface area (TPSA) is 106 Å². The monoisotopic (exact) mass is 557 g/mol. The Kier molecular flexibility index (Phi) is 7.73. The number of aromatic nitrogens is 4. The first-order valence-electron chi connectivity index (χ1n) is 13.6. The third kappa shape index (κ3) is 5.69. The summed E-state index contributed by atoms with van der Waals surface area (Å²) in [6.07, 6.45) is 4.65. The number of halogens is 1. The van der Waals surface area contributed by atoms with Gasteiger partial charge in [0.05, 0.1) is 49.1 Å². The summed E-state index contributed by atoms with van der Waals surface area (Å²) in [5, 5.41) is 11.1. The van der Waals surface area contributed by atoms with E-state index in [1.165, 1.54) is 12.3 Å². The van der Waals surface area contributed by atoms with Crippen molar-refractivity contribution in [2.75, 3.05) is 38.7 Å². The molecule has 41 heavy (non-hydrogen) atoms. The van der Waals surface area contributed by atoms with Gasteiger partial charge in [0.1, 0.15) is 11.6 Å². The third-order valence-corrected chi connectivity index (χ3v) is 7.66. The molecule has 1 fully saturated rings. The average molecular weight is 558 g/mol. The normalized spacial score (nSPS) is 18.4. The molecule has 1 saturated heterocycles. The van der Waals surface area contributed by atoms with Crippen molar-refractivity contribution in [2.24, 2.45) is 0 Å². The van der Waals surface area contributed by atoms with Crippen molar-refractivity contribution in [2.45, 2.75) is 32.1 Å². The van der Waals surface area contributed by atoms with Gasteiger partial charge in [-0.3, -0.25) is 20.2 Å². The number of nitrogens with zero attached hydrogens (tertiary/aromatic N) is 5. The number of amides is 2. The van der Waals surface area contributed by atoms with Crippen molar-refractivity contribution in [1.29, 1.82) is 0 Å². The van der Waals surface area contributed by atoms with Crippen molar-refractivity contribution < 1.29 is 18.7 Å². The number of hydrogen-bond donors (Lipinski definition) is 2. The Labute approximate surface area is 237 Å². The summed E-state index contributed by atoms with van der Waals surface area (Å²) in [6, 6.07) is 12.6. The van der Waals surface area contributed by atoms with Crippen LogP contribution < -0.4 is 10.6 Å². The van der Waals surface area contributed by atoms with Crippen LogP contribution in [0.15, 0.2) is 61.1 Å². The van der Waals surface area contributed by atoms with Crippen LogP contribution >= 0.6 is 0 Å². The number of ether oxygens (including phenoxy) is 2. The molecule has 0 bridgehead atoms. The Balaban J connectivity index is 1.28. The van der Waals surface area contributed by atoms with Crippen LogP contribution in [0.4, 0.5) is 15.0 Å². The molecule has 1 aromatic carbocycles. The van der Waals surface area contributed by atoms with E-state index in [9.17, 15) is 9.18 Å². The van der Waals surface area contributed by atoms with Gasteiger partial charge in [-0.25, -0.2) is 13.9 Å². The summed E-state index contributed by atoms with van der Waals surface area (Å²) < 4.78 is 26.6. The van der Waals surface area contributed by atoms with Gasteiger partial charge in [-0.2, -0.15) is 5.10 Å². The molecule has 2 amide bonds. The molecular weight excluding hydrogens is 525 g/mol. The molecular formula is C30H32FN7O3. The van der Waals surface area contributed by atoms with Gasteiger partial charge >= 0.3 is 6.03 Å². The number of rotatable bonds is 8. The average Bonchev–Trinajstić information content (AvgIpc) is 3.70. The minimum Gasteiger partial charge on any atom is -0.383 e. The number of benzene rings is 1. The number of hydrogen-bond acceptors (Lipinski definition) is 7. The quantitative estimate of drug-likeness (QED) is 0.337. The molecule has 0 spiro atoms. The third-order valence-electron chi connectivity index (χ3n) is 7.66. The van der Waals surface area contributed by atoms with Crippen LogP contribution in [-0.4, -0.2) is 70.1 Å². The zero-order valence-corrected chi connectivity index (χ0v) is 23.0. The highest BCUT2D eigenvalue weighted by Crippen LogP contribution is 2.33. The van der Waals surface area contributed by atoms with E-state index in [0.717, 1.165) is 39.3 Å². The fraction of sp³-hybridized carbons (Fsp3) is 0.333. The number of methoxy groups -OCH3 is 1. The van der Waals surface area contributed by atoms with Crippen LogP contribution in [-0.2, 0) is 22.7 Å². The van der Waals surface area contributed by atoms with E-state index in [0.29, 0.717) is 45.3 Å². The van der Waals surface area contributed by atoms with Gasteiger partial charge in [-0.1, -0.05) is 18.2 Å². The zero-order chi connectivity index (χ0) is 28.3. The second-order valence-electron chi connectivity index (χ2n) is 10.4. The Morgan fingerprint density at radius 3 is 2.80 bits per heavy atom. The molecule has 2 atom stereocenters. The number of para-hydroxylation sites is 1. The Bertz CT molecular complexity index is 1540. The highest BCUT2D eigenvalue weighted by atomic mass is 19.1. The maximum Gasteiger partial charge on any atom is 0.320 e. The molecule has 4 aromatic rings. The lowest BCUT2D eigenvalue weighted by molar-refractivity contribution is 0.133. The number of urea groups is 1. The van der Waals surface area contributed by atoms with E-state index in [1.807, 2.05) is 37.3 Å². The minimum atomic E-state index is -0.399. The molecule has 0 radical (unpaired) electrons. The van der Waals surface area contributed by atoms with Crippen LogP contribution in [0.3, 0.4) is 0 Å². The summed E-state index contributed by atoms with van der Waals surface area (Å²) >= 11 is 0. The highest BCUT2D eigenvalue weighted by molar-refractivity contribution is 5.91. The lowest BCUT2D eigenvalue weighted by atomic mass is 9.96. The number of fused-ring (bicyclic) bond motifs is 1. The number of likely N-dealkylation sites (tertiary alicyclic amines) is 1. The smallest absolute Gasteiger partial charge is 0.320 e. The molecule has 11 heteroatoms. The lowest BCUT2D eigenvalue weighted by Gasteiger charge is -2.21. The number of pyridine rings is 2. The SMILES string of the molecule is COCCN1CC(NC(=O)Nc2c(C)c(-c3cnc4c(c3)COC4)nn2-c2ccccc2)C(c2cncc(F)c2)C1. The van der Waals surface area contributed by atoms with E-state index in [1.54, 1.807) is 24.2 Å². The van der Waals surface area contributed by atoms with Crippen LogP contribution in [0.2, 0.25) is 0 Å². The summed E-state index contributed by atoms with van der Waals surface area (Å²) in [7, 11) is 1.66. The fourth-order valence-electron chi connectivity index (χ4n) is 5.57. The standard InChI is InChI=1S/C30H32FN7O3/c1-19-28(21-10-22-17-41-18-27(22)33-13-21)36-38(24-6-4-3-5-7-24)29(19)35-30(39)34-26-16-37(8-9-40-2)15-25(26)20-11-23(31)14-32-12-20/h3-7,10-14,25-26H,8-9,15-18H2,1-2H3,(H2,34,35,39). The van der Waals surface area contributed by atoms with Crippen molar-refractivity contribution in [3.8, 4) is 16.9 Å². The molecule has 2 N–H and O–H groups in total. The van der Waals surface area contributed by atoms with Crippen LogP contribution in [0.25, 0.3) is 16.9 Å². The molecule has 6 rings (SSSR count). The van der Waals surface area contributed by atoms with Crippen LogP contribution in [0.5, 0.6) is 0 Å². The Morgan fingerprint density at radius 2 is 2.00 bits per heavy atom. The maximum atomic E-state index is 14.0. The van der Waals surface area contributed by atoms with Gasteiger partial charge < -0.3 is 14.8 Å². The fourth-order valence-corrected chi connectivity index (χ4v) is 5.57. The molecule has 0 aliphatic carbocycles. The predicted octanol–water partition coefficient (Wildman–Crippen LogP) is 4.04. The van der Waals surface area contributed by atoms with Gasteiger partial charge in [0, 0.05) is 61.7 Å². The molecule has 5 heterocycles. The molecule has 2 aliphatic heterocycles. The molecule has 3 aromatic heterocycles. The van der Waals surface area contributed by atoms with Gasteiger partial charge in [-0.05, 0) is 36.8 Å². The molecule has 10 nitrogen and oxygen atoms in total. The predicted molar refractivity (Wildman–Crippen MR) is 151 cm³/mol. The van der Waals surface area contributed by atoms with Gasteiger partial charge in [0.2, 0.25) is 0 Å². The summed E-state index contributed by atoms with van der Waals surface area (Å²) in [5.41, 5.74) is 5.92. The molecule has 2 aliphatic rings. The van der Waals surface area contributed by atoms with E-state index in [4.69, 9.17) is 14.6 Å². The first kappa shape index (κ1) is 27.0. The zero-order valence-electron chi connectivity index (χ0n) is 23.0. The van der Waals surface area contributed by atoms with E-state index < -0.39 is 5.82 Å². The molecule has 212 valence electrons. The largest absolute Gasteiger partial charge is 0.383 e. The minimum absolute atomic E-state index is 0.129. The van der Waals surface area contributed by atoms with Gasteiger partial charge in [0.25, 0.3) is 0 Å². The van der Waals surface area contributed by atoms with E-state index >= 15 is 0 Å². The van der Waals surface area contributed by atoms with Crippen LogP contribution in [0.1, 0.15) is 28.3 Å². The van der Waals surface area contributed by atoms with E-state index in [2.05, 4.69) is 31.6 Å².